The summed E-state index contributed by atoms with van der Waals surface area (Å²) in [4.78, 5) is 13.2. The van der Waals surface area contributed by atoms with Gasteiger partial charge in [0.15, 0.2) is 0 Å². The standard InChI is InChI=1S/C29H26N2O/c32-29-27-22(14-30-29)24-20-7-3-4-8-23(20)31(15-17-11-12-17)28(24)26-21(13-16-9-10-16)18-5-1-2-6-19(18)25(26)27/h1-8,16-17,21H,9-15H2,(H,30,32). The van der Waals surface area contributed by atoms with Crippen molar-refractivity contribution in [1.29, 1.82) is 0 Å². The minimum Gasteiger partial charge on any atom is -0.348 e. The highest BCUT2D eigenvalue weighted by Crippen LogP contribution is 2.56. The molecule has 0 radical (unpaired) electrons. The number of carbonyl (C=O) groups excluding carboxylic acids is 1. The summed E-state index contributed by atoms with van der Waals surface area (Å²) < 4.78 is 2.63. The fourth-order valence-electron chi connectivity index (χ4n) is 6.59. The van der Waals surface area contributed by atoms with Crippen LogP contribution in [0.5, 0.6) is 0 Å². The van der Waals surface area contributed by atoms with Crippen molar-refractivity contribution in [1.82, 2.24) is 9.88 Å². The molecule has 1 aromatic heterocycles. The van der Waals surface area contributed by atoms with Crippen molar-refractivity contribution in [3.05, 3.63) is 70.8 Å². The van der Waals surface area contributed by atoms with Gasteiger partial charge in [-0.05, 0) is 59.4 Å². The zero-order valence-corrected chi connectivity index (χ0v) is 18.2. The Balaban J connectivity index is 1.57. The van der Waals surface area contributed by atoms with Crippen LogP contribution in [0.2, 0.25) is 0 Å². The lowest BCUT2D eigenvalue weighted by Crippen LogP contribution is -2.13. The molecule has 2 heterocycles. The first kappa shape index (κ1) is 17.5. The normalized spacial score (nSPS) is 21.1. The number of carbonyl (C=O) groups is 1. The number of nitrogens with one attached hydrogen (secondary N) is 1. The van der Waals surface area contributed by atoms with Crippen molar-refractivity contribution < 1.29 is 4.79 Å². The summed E-state index contributed by atoms with van der Waals surface area (Å²) in [6, 6.07) is 17.8. The second-order valence-electron chi connectivity index (χ2n) is 10.4. The fourth-order valence-corrected chi connectivity index (χ4v) is 6.59. The van der Waals surface area contributed by atoms with Crippen LogP contribution in [0.15, 0.2) is 48.5 Å². The molecule has 8 rings (SSSR count). The van der Waals surface area contributed by atoms with Crippen molar-refractivity contribution in [3.8, 4) is 11.1 Å². The zero-order valence-electron chi connectivity index (χ0n) is 18.2. The molecule has 3 nitrogen and oxygen atoms in total. The Hall–Kier alpha value is -3.07. The van der Waals surface area contributed by atoms with Crippen molar-refractivity contribution in [2.75, 3.05) is 0 Å². The summed E-state index contributed by atoms with van der Waals surface area (Å²) in [5.74, 6) is 2.14. The molecule has 0 spiro atoms. The van der Waals surface area contributed by atoms with E-state index < -0.39 is 0 Å². The molecule has 2 saturated carbocycles. The molecule has 3 aromatic carbocycles. The van der Waals surface area contributed by atoms with Crippen LogP contribution in [0.1, 0.15) is 65.1 Å². The van der Waals surface area contributed by atoms with Gasteiger partial charge in [-0.15, -0.1) is 0 Å². The summed E-state index contributed by atoms with van der Waals surface area (Å²) in [6.07, 6.45) is 6.60. The number of amides is 1. The van der Waals surface area contributed by atoms with Crippen LogP contribution in [-0.2, 0) is 13.1 Å². The zero-order chi connectivity index (χ0) is 21.0. The first-order valence-corrected chi connectivity index (χ1v) is 12.3. The van der Waals surface area contributed by atoms with Crippen LogP contribution in [0.25, 0.3) is 32.9 Å². The largest absolute Gasteiger partial charge is 0.348 e. The number of benzene rings is 3. The lowest BCUT2D eigenvalue weighted by atomic mass is 9.87. The summed E-state index contributed by atoms with van der Waals surface area (Å²) >= 11 is 0. The summed E-state index contributed by atoms with van der Waals surface area (Å²) in [5.41, 5.74) is 10.3. The first-order chi connectivity index (χ1) is 15.8. The van der Waals surface area contributed by atoms with Crippen molar-refractivity contribution in [3.63, 3.8) is 0 Å². The highest BCUT2D eigenvalue weighted by atomic mass is 16.1. The number of hydrogen-bond donors (Lipinski definition) is 1. The van der Waals surface area contributed by atoms with Crippen LogP contribution < -0.4 is 5.32 Å². The van der Waals surface area contributed by atoms with Gasteiger partial charge in [-0.25, -0.2) is 0 Å². The van der Waals surface area contributed by atoms with Gasteiger partial charge in [0.25, 0.3) is 5.91 Å². The molecule has 32 heavy (non-hydrogen) atoms. The van der Waals surface area contributed by atoms with E-state index in [1.54, 1.807) is 0 Å². The van der Waals surface area contributed by atoms with Crippen LogP contribution in [0, 0.1) is 11.8 Å². The van der Waals surface area contributed by atoms with E-state index in [9.17, 15) is 4.79 Å². The van der Waals surface area contributed by atoms with Gasteiger partial charge in [-0.2, -0.15) is 0 Å². The number of fused-ring (bicyclic) bond motifs is 10. The number of para-hydroxylation sites is 1. The van der Waals surface area contributed by atoms with Gasteiger partial charge in [-0.3, -0.25) is 4.79 Å². The number of rotatable bonds is 4. The van der Waals surface area contributed by atoms with E-state index in [1.165, 1.54) is 81.7 Å². The van der Waals surface area contributed by atoms with Crippen LogP contribution in [-0.4, -0.2) is 10.5 Å². The molecule has 2 fully saturated rings. The molecule has 1 aliphatic heterocycles. The highest BCUT2D eigenvalue weighted by molar-refractivity contribution is 6.20. The number of hydrogen-bond acceptors (Lipinski definition) is 1. The molecular formula is C29H26N2O. The van der Waals surface area contributed by atoms with Gasteiger partial charge in [0.05, 0.1) is 11.1 Å². The molecule has 158 valence electrons. The second kappa shape index (κ2) is 6.04. The molecule has 1 amide bonds. The predicted octanol–water partition coefficient (Wildman–Crippen LogP) is 6.36. The van der Waals surface area contributed by atoms with Crippen LogP contribution >= 0.6 is 0 Å². The number of nitrogens with zero attached hydrogens (tertiary/aromatic N) is 1. The van der Waals surface area contributed by atoms with E-state index >= 15 is 0 Å². The molecule has 0 saturated heterocycles. The van der Waals surface area contributed by atoms with E-state index in [1.807, 2.05) is 0 Å². The van der Waals surface area contributed by atoms with E-state index in [0.29, 0.717) is 12.5 Å². The molecule has 4 aliphatic rings. The molecule has 4 aromatic rings. The maximum absolute atomic E-state index is 13.2. The van der Waals surface area contributed by atoms with Gasteiger partial charge < -0.3 is 9.88 Å². The molecule has 3 heteroatoms. The summed E-state index contributed by atoms with van der Waals surface area (Å²) in [7, 11) is 0. The second-order valence-corrected chi connectivity index (χ2v) is 10.4. The Morgan fingerprint density at radius 1 is 0.906 bits per heavy atom. The highest BCUT2D eigenvalue weighted by Gasteiger charge is 2.41. The SMILES string of the molecule is O=C1NCc2c1c1c(c3c2c2ccccc2n3CC2CC2)C(CC2CC2)c2ccccc2-1. The smallest absolute Gasteiger partial charge is 0.252 e. The quantitative estimate of drug-likeness (QED) is 0.411. The third-order valence-electron chi connectivity index (χ3n) is 8.36. The maximum Gasteiger partial charge on any atom is 0.252 e. The van der Waals surface area contributed by atoms with Crippen LogP contribution in [0.3, 0.4) is 0 Å². The third kappa shape index (κ3) is 2.24. The lowest BCUT2D eigenvalue weighted by Gasteiger charge is -2.18. The minimum atomic E-state index is 0.110. The van der Waals surface area contributed by atoms with Crippen molar-refractivity contribution >= 4 is 27.7 Å². The van der Waals surface area contributed by atoms with Crippen molar-refractivity contribution in [2.24, 2.45) is 11.8 Å². The molecule has 1 N–H and O–H groups in total. The van der Waals surface area contributed by atoms with Crippen LogP contribution in [0.4, 0.5) is 0 Å². The minimum absolute atomic E-state index is 0.110. The maximum atomic E-state index is 13.2. The Morgan fingerprint density at radius 2 is 1.69 bits per heavy atom. The topological polar surface area (TPSA) is 34.0 Å². The van der Waals surface area contributed by atoms with Gasteiger partial charge >= 0.3 is 0 Å². The first-order valence-electron chi connectivity index (χ1n) is 12.3. The van der Waals surface area contributed by atoms with E-state index in [2.05, 4.69) is 58.4 Å². The Kier molecular flexibility index (Phi) is 3.30. The molecule has 3 aliphatic carbocycles. The molecule has 1 unspecified atom stereocenters. The Bertz CT molecular complexity index is 1470. The lowest BCUT2D eigenvalue weighted by molar-refractivity contribution is 0.0966. The van der Waals surface area contributed by atoms with E-state index in [0.717, 1.165) is 23.9 Å². The predicted molar refractivity (Wildman–Crippen MR) is 128 cm³/mol. The van der Waals surface area contributed by atoms with Gasteiger partial charge in [0, 0.05) is 40.9 Å². The molecule has 0 bridgehead atoms. The van der Waals surface area contributed by atoms with Gasteiger partial charge in [-0.1, -0.05) is 55.3 Å². The van der Waals surface area contributed by atoms with Gasteiger partial charge in [0.2, 0.25) is 0 Å². The monoisotopic (exact) mass is 418 g/mol. The average molecular weight is 419 g/mol. The summed E-state index contributed by atoms with van der Waals surface area (Å²) in [6.45, 7) is 1.74. The third-order valence-corrected chi connectivity index (χ3v) is 8.36. The Labute approximate surface area is 187 Å². The summed E-state index contributed by atoms with van der Waals surface area (Å²) in [5, 5.41) is 5.84. The fraction of sp³-hybridized carbons (Fsp3) is 0.345. The average Bonchev–Trinajstić information content (AvgIpc) is 3.72. The Morgan fingerprint density at radius 3 is 2.53 bits per heavy atom. The van der Waals surface area contributed by atoms with Crippen molar-refractivity contribution in [2.45, 2.75) is 51.1 Å². The van der Waals surface area contributed by atoms with E-state index in [-0.39, 0.29) is 5.91 Å². The van der Waals surface area contributed by atoms with Gasteiger partial charge in [0.1, 0.15) is 0 Å². The van der Waals surface area contributed by atoms with E-state index in [4.69, 9.17) is 0 Å². The molecule has 1 atom stereocenters. The molecular weight excluding hydrogens is 392 g/mol. The number of aromatic nitrogens is 1.